The van der Waals surface area contributed by atoms with Gasteiger partial charge >= 0.3 is 12.1 Å². The van der Waals surface area contributed by atoms with Crippen molar-refractivity contribution in [1.82, 2.24) is 4.90 Å². The molecule has 1 N–H and O–H groups in total. The molecule has 3 aromatic rings. The SMILES string of the molecule is O=C(O)C1CCCCN1C(c1ccc(C(F)(F)F)cc1)c1ccccc1OCc1ccccc1. The fraction of sp³-hybridized carbons (Fsp3) is 0.296. The largest absolute Gasteiger partial charge is 0.489 e. The van der Waals surface area contributed by atoms with Crippen molar-refractivity contribution < 1.29 is 27.8 Å². The van der Waals surface area contributed by atoms with Crippen molar-refractivity contribution in [2.45, 2.75) is 44.1 Å². The summed E-state index contributed by atoms with van der Waals surface area (Å²) in [5, 5.41) is 9.90. The molecule has 0 aliphatic carbocycles. The topological polar surface area (TPSA) is 49.8 Å². The lowest BCUT2D eigenvalue weighted by Gasteiger charge is -2.40. The normalized spacial score (nSPS) is 17.8. The first-order valence-corrected chi connectivity index (χ1v) is 11.3. The number of aliphatic carboxylic acids is 1. The van der Waals surface area contributed by atoms with Crippen LogP contribution in [0.15, 0.2) is 78.9 Å². The molecule has 0 amide bonds. The molecule has 1 heterocycles. The number of likely N-dealkylation sites (tertiary alicyclic amines) is 1. The monoisotopic (exact) mass is 469 g/mol. The third-order valence-electron chi connectivity index (χ3n) is 6.17. The minimum atomic E-state index is -4.44. The van der Waals surface area contributed by atoms with Gasteiger partial charge in [-0.2, -0.15) is 13.2 Å². The average Bonchev–Trinajstić information content (AvgIpc) is 2.84. The van der Waals surface area contributed by atoms with E-state index in [1.807, 2.05) is 59.5 Å². The van der Waals surface area contributed by atoms with E-state index in [4.69, 9.17) is 4.74 Å². The number of ether oxygens (including phenoxy) is 1. The van der Waals surface area contributed by atoms with Gasteiger partial charge in [0.25, 0.3) is 0 Å². The van der Waals surface area contributed by atoms with Crippen LogP contribution in [0.1, 0.15) is 47.6 Å². The minimum absolute atomic E-state index is 0.319. The van der Waals surface area contributed by atoms with Crippen molar-refractivity contribution in [2.75, 3.05) is 6.54 Å². The van der Waals surface area contributed by atoms with Crippen LogP contribution < -0.4 is 4.74 Å². The number of halogens is 3. The van der Waals surface area contributed by atoms with Crippen molar-refractivity contribution in [3.05, 3.63) is 101 Å². The Morgan fingerprint density at radius 2 is 1.65 bits per heavy atom. The highest BCUT2D eigenvalue weighted by Gasteiger charge is 2.37. The van der Waals surface area contributed by atoms with Crippen LogP contribution in [0.2, 0.25) is 0 Å². The van der Waals surface area contributed by atoms with Gasteiger partial charge < -0.3 is 9.84 Å². The van der Waals surface area contributed by atoms with Crippen molar-refractivity contribution in [3.8, 4) is 5.75 Å². The molecule has 4 nitrogen and oxygen atoms in total. The van der Waals surface area contributed by atoms with Crippen molar-refractivity contribution in [1.29, 1.82) is 0 Å². The quantitative estimate of drug-likeness (QED) is 0.440. The fourth-order valence-corrected chi connectivity index (χ4v) is 4.51. The van der Waals surface area contributed by atoms with E-state index in [0.29, 0.717) is 30.9 Å². The average molecular weight is 470 g/mol. The van der Waals surface area contributed by atoms with Gasteiger partial charge in [-0.05, 0) is 48.7 Å². The first-order chi connectivity index (χ1) is 16.3. The van der Waals surface area contributed by atoms with Crippen LogP contribution in [-0.4, -0.2) is 28.6 Å². The maximum absolute atomic E-state index is 13.2. The molecule has 0 spiro atoms. The van der Waals surface area contributed by atoms with E-state index < -0.39 is 29.8 Å². The number of carboxylic acid groups (broad SMARTS) is 1. The Morgan fingerprint density at radius 3 is 2.32 bits per heavy atom. The van der Waals surface area contributed by atoms with Gasteiger partial charge in [0.1, 0.15) is 18.4 Å². The van der Waals surface area contributed by atoms with Crippen molar-refractivity contribution >= 4 is 5.97 Å². The molecule has 1 saturated heterocycles. The zero-order valence-corrected chi connectivity index (χ0v) is 18.5. The van der Waals surface area contributed by atoms with Crippen LogP contribution in [0.3, 0.4) is 0 Å². The molecule has 2 unspecified atom stereocenters. The van der Waals surface area contributed by atoms with E-state index in [0.717, 1.165) is 36.1 Å². The molecule has 34 heavy (non-hydrogen) atoms. The first-order valence-electron chi connectivity index (χ1n) is 11.3. The Bertz CT molecular complexity index is 1100. The van der Waals surface area contributed by atoms with Crippen LogP contribution in [-0.2, 0) is 17.6 Å². The molecule has 1 aliphatic heterocycles. The highest BCUT2D eigenvalue weighted by Crippen LogP contribution is 2.40. The van der Waals surface area contributed by atoms with E-state index in [-0.39, 0.29) is 0 Å². The van der Waals surface area contributed by atoms with E-state index in [2.05, 4.69) is 0 Å². The molecule has 4 rings (SSSR count). The Balaban J connectivity index is 1.75. The number of piperidine rings is 1. The van der Waals surface area contributed by atoms with Gasteiger partial charge in [-0.1, -0.05) is 67.1 Å². The number of nitrogens with zero attached hydrogens (tertiary/aromatic N) is 1. The molecular weight excluding hydrogens is 443 g/mol. The highest BCUT2D eigenvalue weighted by atomic mass is 19.4. The summed E-state index contributed by atoms with van der Waals surface area (Å²) in [5.74, 6) is -0.356. The molecule has 0 aromatic heterocycles. The molecule has 7 heteroatoms. The van der Waals surface area contributed by atoms with Gasteiger partial charge in [0.15, 0.2) is 0 Å². The summed E-state index contributed by atoms with van der Waals surface area (Å²) in [6, 6.07) is 20.7. The summed E-state index contributed by atoms with van der Waals surface area (Å²) in [4.78, 5) is 14.0. The lowest BCUT2D eigenvalue weighted by molar-refractivity contribution is -0.145. The Hall–Kier alpha value is -3.32. The van der Waals surface area contributed by atoms with Crippen LogP contribution >= 0.6 is 0 Å². The number of carboxylic acids is 1. The van der Waals surface area contributed by atoms with Crippen molar-refractivity contribution in [3.63, 3.8) is 0 Å². The molecule has 1 aliphatic rings. The Kier molecular flexibility index (Phi) is 7.22. The summed E-state index contributed by atoms with van der Waals surface area (Å²) in [6.45, 7) is 0.843. The predicted octanol–water partition coefficient (Wildman–Crippen LogP) is 6.31. The third kappa shape index (κ3) is 5.42. The molecule has 2 atom stereocenters. The summed E-state index contributed by atoms with van der Waals surface area (Å²) in [7, 11) is 0. The second-order valence-corrected chi connectivity index (χ2v) is 8.42. The standard InChI is InChI=1S/C27H26F3NO3/c28-27(29,30)21-15-13-20(14-16-21)25(31-17-7-6-11-23(31)26(32)33)22-10-4-5-12-24(22)34-18-19-8-2-1-3-9-19/h1-5,8-10,12-16,23,25H,6-7,11,17-18H2,(H,32,33). The number of para-hydroxylation sites is 1. The fourth-order valence-electron chi connectivity index (χ4n) is 4.51. The van der Waals surface area contributed by atoms with Gasteiger partial charge in [-0.3, -0.25) is 9.69 Å². The predicted molar refractivity (Wildman–Crippen MR) is 122 cm³/mol. The zero-order valence-electron chi connectivity index (χ0n) is 18.5. The van der Waals surface area contributed by atoms with E-state index >= 15 is 0 Å². The minimum Gasteiger partial charge on any atom is -0.489 e. The van der Waals surface area contributed by atoms with Gasteiger partial charge in [0.05, 0.1) is 11.6 Å². The lowest BCUT2D eigenvalue weighted by atomic mass is 9.90. The van der Waals surface area contributed by atoms with Crippen LogP contribution in [0.4, 0.5) is 13.2 Å². The number of rotatable bonds is 7. The summed E-state index contributed by atoms with van der Waals surface area (Å²) in [5.41, 5.74) is 1.56. The maximum Gasteiger partial charge on any atom is 0.416 e. The first kappa shape index (κ1) is 23.8. The second-order valence-electron chi connectivity index (χ2n) is 8.42. The Morgan fingerprint density at radius 1 is 0.971 bits per heavy atom. The number of carbonyl (C=O) groups is 1. The number of hydrogen-bond acceptors (Lipinski definition) is 3. The van der Waals surface area contributed by atoms with Gasteiger partial charge in [-0.15, -0.1) is 0 Å². The smallest absolute Gasteiger partial charge is 0.416 e. The maximum atomic E-state index is 13.2. The molecule has 0 radical (unpaired) electrons. The van der Waals surface area contributed by atoms with Crippen LogP contribution in [0, 0.1) is 0 Å². The molecule has 3 aromatic carbocycles. The Labute approximate surface area is 196 Å². The van der Waals surface area contributed by atoms with E-state index in [9.17, 15) is 23.1 Å². The third-order valence-corrected chi connectivity index (χ3v) is 6.17. The van der Waals surface area contributed by atoms with E-state index in [1.54, 1.807) is 0 Å². The van der Waals surface area contributed by atoms with Gasteiger partial charge in [0.2, 0.25) is 0 Å². The molecule has 0 bridgehead atoms. The molecule has 1 fully saturated rings. The van der Waals surface area contributed by atoms with E-state index in [1.165, 1.54) is 12.1 Å². The number of hydrogen-bond donors (Lipinski definition) is 1. The van der Waals surface area contributed by atoms with Gasteiger partial charge in [0, 0.05) is 5.56 Å². The summed E-state index contributed by atoms with van der Waals surface area (Å²) in [6.07, 6.45) is -2.35. The molecule has 178 valence electrons. The van der Waals surface area contributed by atoms with Crippen LogP contribution in [0.25, 0.3) is 0 Å². The molecule has 0 saturated carbocycles. The molecular formula is C27H26F3NO3. The summed E-state index contributed by atoms with van der Waals surface area (Å²) < 4.78 is 45.7. The zero-order chi connectivity index (χ0) is 24.1. The second kappa shape index (κ2) is 10.3. The van der Waals surface area contributed by atoms with Gasteiger partial charge in [-0.25, -0.2) is 0 Å². The lowest BCUT2D eigenvalue weighted by Crippen LogP contribution is -2.46. The van der Waals surface area contributed by atoms with Crippen LogP contribution in [0.5, 0.6) is 5.75 Å². The number of benzene rings is 3. The number of alkyl halides is 3. The van der Waals surface area contributed by atoms with Crippen molar-refractivity contribution in [2.24, 2.45) is 0 Å². The highest BCUT2D eigenvalue weighted by molar-refractivity contribution is 5.73. The summed E-state index contributed by atoms with van der Waals surface area (Å²) >= 11 is 0.